The van der Waals surface area contributed by atoms with Gasteiger partial charge < -0.3 is 10.6 Å². The van der Waals surface area contributed by atoms with E-state index in [2.05, 4.69) is 20.6 Å². The Morgan fingerprint density at radius 2 is 1.78 bits per heavy atom. The maximum absolute atomic E-state index is 13.9. The monoisotopic (exact) mass is 368 g/mol. The first-order valence-electron chi connectivity index (χ1n) is 9.40. The van der Waals surface area contributed by atoms with Gasteiger partial charge in [-0.2, -0.15) is 4.98 Å². The van der Waals surface area contributed by atoms with Crippen molar-refractivity contribution in [1.82, 2.24) is 9.97 Å². The largest absolute Gasteiger partial charge is 0.367 e. The molecule has 1 aromatic heterocycles. The van der Waals surface area contributed by atoms with Crippen molar-refractivity contribution in [1.29, 1.82) is 0 Å². The minimum absolute atomic E-state index is 0.116. The number of nitrogens with one attached hydrogen (secondary N) is 2. The molecule has 0 saturated heterocycles. The van der Waals surface area contributed by atoms with Crippen molar-refractivity contribution < 1.29 is 8.78 Å². The van der Waals surface area contributed by atoms with Crippen LogP contribution in [0, 0.1) is 11.6 Å². The van der Waals surface area contributed by atoms with Gasteiger partial charge in [-0.05, 0) is 43.2 Å². The van der Waals surface area contributed by atoms with Gasteiger partial charge in [0.05, 0.1) is 5.52 Å². The summed E-state index contributed by atoms with van der Waals surface area (Å²) in [6.07, 6.45) is 6.01. The normalized spacial score (nSPS) is 15.0. The highest BCUT2D eigenvalue weighted by molar-refractivity contribution is 5.90. The molecule has 1 aliphatic rings. The molecule has 140 valence electrons. The first-order valence-corrected chi connectivity index (χ1v) is 9.40. The molecule has 0 amide bonds. The maximum Gasteiger partial charge on any atom is 0.225 e. The minimum atomic E-state index is -0.465. The number of nitrogens with zero attached hydrogens (tertiary/aromatic N) is 2. The summed E-state index contributed by atoms with van der Waals surface area (Å²) in [6, 6.07) is 11.6. The smallest absolute Gasteiger partial charge is 0.225 e. The molecule has 4 rings (SSSR count). The summed E-state index contributed by atoms with van der Waals surface area (Å²) < 4.78 is 27.2. The lowest BCUT2D eigenvalue weighted by Crippen LogP contribution is -2.23. The Labute approximate surface area is 157 Å². The Morgan fingerprint density at radius 3 is 2.63 bits per heavy atom. The van der Waals surface area contributed by atoms with Crippen LogP contribution in [-0.4, -0.2) is 16.0 Å². The molecule has 2 aromatic carbocycles. The number of halogens is 2. The summed E-state index contributed by atoms with van der Waals surface area (Å²) in [5.74, 6) is 0.267. The Bertz CT molecular complexity index is 939. The second-order valence-electron chi connectivity index (χ2n) is 6.98. The van der Waals surface area contributed by atoms with Gasteiger partial charge >= 0.3 is 0 Å². The van der Waals surface area contributed by atoms with Crippen molar-refractivity contribution in [2.24, 2.45) is 0 Å². The number of hydrogen-bond donors (Lipinski definition) is 2. The molecule has 27 heavy (non-hydrogen) atoms. The predicted molar refractivity (Wildman–Crippen MR) is 104 cm³/mol. The highest BCUT2D eigenvalue weighted by atomic mass is 19.1. The third kappa shape index (κ3) is 4.15. The molecule has 1 fully saturated rings. The maximum atomic E-state index is 13.9. The molecule has 0 bridgehead atoms. The van der Waals surface area contributed by atoms with Crippen LogP contribution < -0.4 is 10.6 Å². The summed E-state index contributed by atoms with van der Waals surface area (Å²) in [6.45, 7) is 0.116. The fraction of sp³-hybridized carbons (Fsp3) is 0.333. The Hall–Kier alpha value is -2.76. The van der Waals surface area contributed by atoms with Gasteiger partial charge in [-0.3, -0.25) is 0 Å². The molecular formula is C21H22F2N4. The van der Waals surface area contributed by atoms with Crippen LogP contribution in [0.2, 0.25) is 0 Å². The number of rotatable bonds is 5. The second kappa shape index (κ2) is 7.86. The first-order chi connectivity index (χ1) is 13.2. The topological polar surface area (TPSA) is 49.8 Å². The number of fused-ring (bicyclic) bond motifs is 1. The molecule has 1 heterocycles. The third-order valence-electron chi connectivity index (χ3n) is 4.99. The van der Waals surface area contributed by atoms with Crippen LogP contribution in [0.25, 0.3) is 10.9 Å². The van der Waals surface area contributed by atoms with Crippen molar-refractivity contribution in [3.63, 3.8) is 0 Å². The highest BCUT2D eigenvalue weighted by Crippen LogP contribution is 2.26. The van der Waals surface area contributed by atoms with Crippen LogP contribution in [0.15, 0.2) is 42.5 Å². The van der Waals surface area contributed by atoms with E-state index in [4.69, 9.17) is 0 Å². The van der Waals surface area contributed by atoms with E-state index < -0.39 is 11.6 Å². The van der Waals surface area contributed by atoms with E-state index in [0.717, 1.165) is 41.7 Å². The van der Waals surface area contributed by atoms with Gasteiger partial charge in [0, 0.05) is 23.5 Å². The van der Waals surface area contributed by atoms with E-state index in [0.29, 0.717) is 12.0 Å². The molecular weight excluding hydrogens is 346 g/mol. The standard InChI is InChI=1S/C21H22F2N4/c22-15-10-11-18(23)14(12-15)13-24-21-26-19-9-5-4-8-17(19)20(27-21)25-16-6-2-1-3-7-16/h4-5,8-12,16H,1-3,6-7,13H2,(H2,24,25,26,27). The molecule has 0 radical (unpaired) electrons. The molecule has 1 aliphatic carbocycles. The van der Waals surface area contributed by atoms with E-state index in [1.165, 1.54) is 25.3 Å². The van der Waals surface area contributed by atoms with E-state index in [9.17, 15) is 8.78 Å². The average Bonchev–Trinajstić information content (AvgIpc) is 2.69. The van der Waals surface area contributed by atoms with Gasteiger partial charge in [0.25, 0.3) is 0 Å². The lowest BCUT2D eigenvalue weighted by Gasteiger charge is -2.24. The van der Waals surface area contributed by atoms with Crippen LogP contribution in [0.5, 0.6) is 0 Å². The lowest BCUT2D eigenvalue weighted by molar-refractivity contribution is 0.462. The quantitative estimate of drug-likeness (QED) is 0.645. The lowest BCUT2D eigenvalue weighted by atomic mass is 9.95. The van der Waals surface area contributed by atoms with Crippen LogP contribution >= 0.6 is 0 Å². The van der Waals surface area contributed by atoms with E-state index in [1.807, 2.05) is 24.3 Å². The van der Waals surface area contributed by atoms with Crippen molar-refractivity contribution in [2.75, 3.05) is 10.6 Å². The summed E-state index contributed by atoms with van der Waals surface area (Å²) in [4.78, 5) is 9.13. The van der Waals surface area contributed by atoms with Gasteiger partial charge in [-0.25, -0.2) is 13.8 Å². The second-order valence-corrected chi connectivity index (χ2v) is 6.98. The zero-order valence-corrected chi connectivity index (χ0v) is 15.0. The van der Waals surface area contributed by atoms with E-state index in [-0.39, 0.29) is 12.1 Å². The van der Waals surface area contributed by atoms with Crippen molar-refractivity contribution in [2.45, 2.75) is 44.7 Å². The van der Waals surface area contributed by atoms with E-state index in [1.54, 1.807) is 0 Å². The van der Waals surface area contributed by atoms with Gasteiger partial charge in [0.2, 0.25) is 5.95 Å². The van der Waals surface area contributed by atoms with Crippen molar-refractivity contribution >= 4 is 22.7 Å². The summed E-state index contributed by atoms with van der Waals surface area (Å²) in [5.41, 5.74) is 1.06. The molecule has 0 aliphatic heterocycles. The Kier molecular flexibility index (Phi) is 5.14. The predicted octanol–water partition coefficient (Wildman–Crippen LogP) is 5.26. The van der Waals surface area contributed by atoms with Gasteiger partial charge in [-0.1, -0.05) is 31.4 Å². The number of anilines is 2. The van der Waals surface area contributed by atoms with Crippen LogP contribution in [0.1, 0.15) is 37.7 Å². The number of hydrogen-bond acceptors (Lipinski definition) is 4. The SMILES string of the molecule is Fc1ccc(F)c(CNc2nc(NC3CCCCC3)c3ccccc3n2)c1. The fourth-order valence-corrected chi connectivity index (χ4v) is 3.56. The first kappa shape index (κ1) is 17.6. The van der Waals surface area contributed by atoms with Crippen molar-refractivity contribution in [3.05, 3.63) is 59.7 Å². The minimum Gasteiger partial charge on any atom is -0.367 e. The number of aromatic nitrogens is 2. The molecule has 0 atom stereocenters. The van der Waals surface area contributed by atoms with Crippen LogP contribution in [0.3, 0.4) is 0 Å². The highest BCUT2D eigenvalue weighted by Gasteiger charge is 2.16. The fourth-order valence-electron chi connectivity index (χ4n) is 3.56. The van der Waals surface area contributed by atoms with Gasteiger partial charge in [0.15, 0.2) is 0 Å². The number of benzene rings is 2. The summed E-state index contributed by atoms with van der Waals surface area (Å²) in [7, 11) is 0. The molecule has 2 N–H and O–H groups in total. The van der Waals surface area contributed by atoms with Gasteiger partial charge in [-0.15, -0.1) is 0 Å². The molecule has 3 aromatic rings. The summed E-state index contributed by atoms with van der Waals surface area (Å²) in [5, 5.41) is 7.55. The zero-order chi connectivity index (χ0) is 18.6. The van der Waals surface area contributed by atoms with E-state index >= 15 is 0 Å². The Balaban J connectivity index is 1.59. The van der Waals surface area contributed by atoms with Gasteiger partial charge in [0.1, 0.15) is 17.5 Å². The molecule has 1 saturated carbocycles. The van der Waals surface area contributed by atoms with Crippen LogP contribution in [0.4, 0.5) is 20.5 Å². The summed E-state index contributed by atoms with van der Waals surface area (Å²) >= 11 is 0. The van der Waals surface area contributed by atoms with Crippen LogP contribution in [-0.2, 0) is 6.54 Å². The number of para-hydroxylation sites is 1. The molecule has 0 unspecified atom stereocenters. The average molecular weight is 368 g/mol. The third-order valence-corrected chi connectivity index (χ3v) is 4.99. The Morgan fingerprint density at radius 1 is 0.963 bits per heavy atom. The zero-order valence-electron chi connectivity index (χ0n) is 15.0. The molecule has 0 spiro atoms. The molecule has 6 heteroatoms. The molecule has 4 nitrogen and oxygen atoms in total. The van der Waals surface area contributed by atoms with Crippen molar-refractivity contribution in [3.8, 4) is 0 Å².